The molecule has 0 atom stereocenters. The van der Waals surface area contributed by atoms with Crippen LogP contribution in [0.25, 0.3) is 136 Å². The van der Waals surface area contributed by atoms with Gasteiger partial charge in [0, 0.05) is 16.7 Å². The molecule has 0 unspecified atom stereocenters. The minimum Gasteiger partial charge on any atom is -0.434 e. The number of oxazole rings is 4. The summed E-state index contributed by atoms with van der Waals surface area (Å²) in [5.41, 5.74) is 9.44. The van der Waals surface area contributed by atoms with Crippen molar-refractivity contribution in [3.05, 3.63) is 194 Å². The smallest absolute Gasteiger partial charge is 0.266 e. The average molecular weight is 1000 g/mol. The molecule has 1 aliphatic heterocycles. The monoisotopic (exact) mass is 1000 g/mol. The normalized spacial score (nSPS) is 12.8. The summed E-state index contributed by atoms with van der Waals surface area (Å²) in [5, 5.41) is 3.19. The topological polar surface area (TPSA) is 199 Å². The highest BCUT2D eigenvalue weighted by Crippen LogP contribution is 2.37. The Bertz CT molecular complexity index is 4290. The third-order valence-corrected chi connectivity index (χ3v) is 18.4. The third-order valence-electron chi connectivity index (χ3n) is 13.7. The van der Waals surface area contributed by atoms with Crippen LogP contribution in [0.1, 0.15) is 0 Å². The van der Waals surface area contributed by atoms with Crippen LogP contribution in [0, 0.1) is 0 Å². The molecule has 76 heavy (non-hydrogen) atoms. The Labute approximate surface area is 429 Å². The van der Waals surface area contributed by atoms with Crippen LogP contribution < -0.4 is 15.6 Å². The van der Waals surface area contributed by atoms with E-state index in [1.807, 2.05) is 115 Å². The molecular formula is C59H32N12O4Si. The number of fused-ring (bicyclic) bond motifs is 9. The van der Waals surface area contributed by atoms with Gasteiger partial charge in [-0.2, -0.15) is 9.97 Å². The Morgan fingerprint density at radius 3 is 1.11 bits per heavy atom. The zero-order valence-corrected chi connectivity index (χ0v) is 40.5. The van der Waals surface area contributed by atoms with E-state index in [0.29, 0.717) is 56.0 Å². The molecule has 0 radical (unpaired) electrons. The molecule has 0 N–H and O–H groups in total. The highest BCUT2D eigenvalue weighted by Gasteiger charge is 2.51. The van der Waals surface area contributed by atoms with Gasteiger partial charge in [-0.3, -0.25) is 0 Å². The molecule has 0 spiro atoms. The van der Waals surface area contributed by atoms with Crippen LogP contribution in [-0.4, -0.2) is 67.3 Å². The molecule has 0 bridgehead atoms. The van der Waals surface area contributed by atoms with Crippen LogP contribution in [0.15, 0.2) is 212 Å². The molecular weight excluding hydrogens is 969 g/mol. The number of benzene rings is 8. The van der Waals surface area contributed by atoms with Crippen LogP contribution in [0.2, 0.25) is 0 Å². The van der Waals surface area contributed by atoms with Crippen LogP contribution >= 0.6 is 0 Å². The highest BCUT2D eigenvalue weighted by molar-refractivity contribution is 7.12. The fraction of sp³-hybridized carbons (Fsp3) is 0. The van der Waals surface area contributed by atoms with Crippen LogP contribution in [-0.2, 0) is 0 Å². The summed E-state index contributed by atoms with van der Waals surface area (Å²) in [5.74, 6) is 3.45. The van der Waals surface area contributed by atoms with Gasteiger partial charge < -0.3 is 21.9 Å². The first kappa shape index (κ1) is 41.9. The molecule has 7 aromatic heterocycles. The lowest BCUT2D eigenvalue weighted by molar-refractivity contribution is 0.604. The van der Waals surface area contributed by atoms with Gasteiger partial charge in [0.05, 0.1) is 11.0 Å². The van der Waals surface area contributed by atoms with Crippen molar-refractivity contribution in [2.45, 2.75) is 0 Å². The van der Waals surface area contributed by atoms with Crippen LogP contribution in [0.4, 0.5) is 0 Å². The van der Waals surface area contributed by atoms with E-state index in [4.69, 9.17) is 72.5 Å². The molecule has 0 saturated heterocycles. The number of para-hydroxylation sites is 10. The Balaban J connectivity index is 0.923. The molecule has 8 heterocycles. The van der Waals surface area contributed by atoms with Gasteiger partial charge in [0.25, 0.3) is 31.8 Å². The van der Waals surface area contributed by atoms with Crippen molar-refractivity contribution in [2.75, 3.05) is 0 Å². The lowest BCUT2D eigenvalue weighted by atomic mass is 10.2. The Hall–Kier alpha value is -10.7. The second-order valence-corrected chi connectivity index (χ2v) is 21.8. The predicted octanol–water partition coefficient (Wildman–Crippen LogP) is 10.5. The van der Waals surface area contributed by atoms with Gasteiger partial charge >= 0.3 is 0 Å². The number of hydrogen-bond donors (Lipinski definition) is 0. The minimum atomic E-state index is -3.48. The first-order chi connectivity index (χ1) is 37.6. The zero-order chi connectivity index (χ0) is 49.9. The number of aromatic nitrogens is 12. The summed E-state index contributed by atoms with van der Waals surface area (Å²) in [6, 6.07) is 63.9. The number of nitrogens with zero attached hydrogens (tertiary/aromatic N) is 12. The zero-order valence-electron chi connectivity index (χ0n) is 39.5. The summed E-state index contributed by atoms with van der Waals surface area (Å²) >= 11 is 0. The molecule has 0 fully saturated rings. The van der Waals surface area contributed by atoms with Gasteiger partial charge in [-0.25, -0.2) is 44.9 Å². The average Bonchev–Trinajstić information content (AvgIpc) is 4.42. The fourth-order valence-corrected chi connectivity index (χ4v) is 15.5. The molecule has 17 heteroatoms. The summed E-state index contributed by atoms with van der Waals surface area (Å²) < 4.78 is 27.6. The van der Waals surface area contributed by atoms with Crippen molar-refractivity contribution in [3.8, 4) is 81.0 Å². The van der Waals surface area contributed by atoms with Crippen molar-refractivity contribution in [3.63, 3.8) is 0 Å². The quantitative estimate of drug-likeness (QED) is 0.130. The van der Waals surface area contributed by atoms with Gasteiger partial charge in [0.1, 0.15) is 27.9 Å². The van der Waals surface area contributed by atoms with E-state index < -0.39 is 8.24 Å². The predicted molar refractivity (Wildman–Crippen MR) is 288 cm³/mol. The van der Waals surface area contributed by atoms with E-state index >= 15 is 0 Å². The Morgan fingerprint density at radius 1 is 0.303 bits per heavy atom. The van der Waals surface area contributed by atoms with E-state index in [9.17, 15) is 0 Å². The Kier molecular flexibility index (Phi) is 8.92. The molecule has 356 valence electrons. The van der Waals surface area contributed by atoms with E-state index in [1.165, 1.54) is 0 Å². The van der Waals surface area contributed by atoms with E-state index in [2.05, 4.69) is 83.1 Å². The van der Waals surface area contributed by atoms with Crippen molar-refractivity contribution >= 4 is 79.2 Å². The maximum atomic E-state index is 6.27. The van der Waals surface area contributed by atoms with Crippen LogP contribution in [0.3, 0.4) is 0 Å². The van der Waals surface area contributed by atoms with Gasteiger partial charge in [-0.1, -0.05) is 121 Å². The molecule has 0 saturated carbocycles. The van der Waals surface area contributed by atoms with E-state index in [-0.39, 0.29) is 46.9 Å². The molecule has 0 amide bonds. The largest absolute Gasteiger partial charge is 0.434 e. The maximum absolute atomic E-state index is 6.27. The van der Waals surface area contributed by atoms with Gasteiger partial charge in [-0.15, -0.1) is 0 Å². The Morgan fingerprint density at radius 2 is 0.671 bits per heavy atom. The van der Waals surface area contributed by atoms with Crippen LogP contribution in [0.5, 0.6) is 0 Å². The second kappa shape index (κ2) is 16.2. The number of imidazole rings is 1. The molecule has 8 aromatic carbocycles. The van der Waals surface area contributed by atoms with E-state index in [0.717, 1.165) is 49.1 Å². The van der Waals surface area contributed by atoms with Crippen molar-refractivity contribution < 1.29 is 17.7 Å². The number of rotatable bonds is 8. The molecule has 1 aliphatic rings. The first-order valence-corrected chi connectivity index (χ1v) is 26.3. The van der Waals surface area contributed by atoms with Crippen molar-refractivity contribution in [1.82, 2.24) is 59.1 Å². The summed E-state index contributed by atoms with van der Waals surface area (Å²) in [6.07, 6.45) is 0. The minimum absolute atomic E-state index is 0.226. The first-order valence-electron chi connectivity index (χ1n) is 24.3. The van der Waals surface area contributed by atoms with Gasteiger partial charge in [0.15, 0.2) is 34.0 Å². The second-order valence-electron chi connectivity index (χ2n) is 18.2. The highest BCUT2D eigenvalue weighted by atomic mass is 28.3. The van der Waals surface area contributed by atoms with Crippen molar-refractivity contribution in [1.29, 1.82) is 0 Å². The lowest BCUT2D eigenvalue weighted by Gasteiger charge is -2.32. The lowest BCUT2D eigenvalue weighted by Crippen LogP contribution is -2.70. The molecule has 0 aliphatic carbocycles. The SMILES string of the molecule is c1cc(-c2nc(-c3nc4ccccc4o3)nc(-c3nc4ccccc4o3)n2)cc([Si]2(c3cccc(-c4nc(-c5nc6ccccc6o5)nc(-c5nc6ccccc6o5)n4)c3)c3ccccc3-c3nc4ccccc4n32)c1. The fourth-order valence-electron chi connectivity index (χ4n) is 10.4. The maximum Gasteiger partial charge on any atom is 0.266 e. The summed E-state index contributed by atoms with van der Waals surface area (Å²) in [6.45, 7) is 0. The van der Waals surface area contributed by atoms with Gasteiger partial charge in [-0.05, 0) is 88.4 Å². The molecule has 16 rings (SSSR count). The summed E-state index contributed by atoms with van der Waals surface area (Å²) in [4.78, 5) is 54.6. The number of hydrogen-bond acceptors (Lipinski definition) is 15. The standard InChI is InChI=1S/C59H32N12O4Si/c1-12-30-48-37(19-1)55-60-38-20-2-7-25-43(38)71(55)76(48,35-17-13-15-33(31-35)49-65-51(56-61-39-21-3-8-26-44(39)72-56)69-52(66-49)57-62-40-22-4-9-27-45(40)73-57)36-18-14-16-34(32-36)50-67-53(58-63-41-23-5-10-28-46(41)74-58)70-54(68-50)59-64-42-24-6-11-29-47(42)75-59/h1-32H. The van der Waals surface area contributed by atoms with Crippen molar-refractivity contribution in [2.24, 2.45) is 0 Å². The molecule has 15 aromatic rings. The summed E-state index contributed by atoms with van der Waals surface area (Å²) in [7, 11) is -3.48. The van der Waals surface area contributed by atoms with E-state index in [1.54, 1.807) is 0 Å². The van der Waals surface area contributed by atoms with Gasteiger partial charge in [0.2, 0.25) is 23.3 Å². The third kappa shape index (κ3) is 6.45. The molecule has 16 nitrogen and oxygen atoms in total.